The first kappa shape index (κ1) is 22.7. The van der Waals surface area contributed by atoms with E-state index in [0.717, 1.165) is 17.7 Å². The molecule has 7 nitrogen and oxygen atoms in total. The monoisotopic (exact) mass is 455 g/mol. The number of carbonyl (C=O) groups excluding carboxylic acids is 1. The largest absolute Gasteiger partial charge is 0.299 e. The van der Waals surface area contributed by atoms with Crippen LogP contribution in [0, 0.1) is 0 Å². The lowest BCUT2D eigenvalue weighted by molar-refractivity contribution is -0.125. The van der Waals surface area contributed by atoms with Gasteiger partial charge < -0.3 is 0 Å². The van der Waals surface area contributed by atoms with Gasteiger partial charge in [-0.15, -0.1) is 0 Å². The van der Waals surface area contributed by atoms with Crippen molar-refractivity contribution in [2.24, 2.45) is 0 Å². The summed E-state index contributed by atoms with van der Waals surface area (Å²) in [7, 11) is -3.65. The number of hydrogen-bond acceptors (Lipinski definition) is 5. The third-order valence-corrected chi connectivity index (χ3v) is 8.08. The van der Waals surface area contributed by atoms with Gasteiger partial charge in [0.2, 0.25) is 10.0 Å². The molecule has 2 aliphatic rings. The summed E-state index contributed by atoms with van der Waals surface area (Å²) in [6, 6.07) is 15.4. The molecule has 0 aliphatic carbocycles. The molecule has 0 aromatic heterocycles. The molecule has 2 heterocycles. The SMILES string of the molecule is O=C(NO)C1=CCN(S(=O)(=O)c2ccc(-c3ccc(CN4CCCCC4)cc3)cc2)CC1. The van der Waals surface area contributed by atoms with Crippen LogP contribution in [0.3, 0.4) is 0 Å². The summed E-state index contributed by atoms with van der Waals surface area (Å²) in [5, 5.41) is 8.73. The highest BCUT2D eigenvalue weighted by Gasteiger charge is 2.27. The molecule has 1 saturated heterocycles. The predicted octanol–water partition coefficient (Wildman–Crippen LogP) is 3.17. The second kappa shape index (κ2) is 9.95. The highest BCUT2D eigenvalue weighted by molar-refractivity contribution is 7.89. The Morgan fingerprint density at radius 3 is 2.09 bits per heavy atom. The van der Waals surface area contributed by atoms with Gasteiger partial charge in [0, 0.05) is 25.2 Å². The Balaban J connectivity index is 1.42. The van der Waals surface area contributed by atoms with Crippen LogP contribution in [0.15, 0.2) is 65.1 Å². The third kappa shape index (κ3) is 5.10. The average molecular weight is 456 g/mol. The fourth-order valence-corrected chi connectivity index (χ4v) is 5.67. The topological polar surface area (TPSA) is 90.0 Å². The fourth-order valence-electron chi connectivity index (χ4n) is 4.29. The standard InChI is InChI=1S/C24H29N3O4S/c28-24(25-29)22-12-16-27(17-13-22)32(30,31)23-10-8-21(9-11-23)20-6-4-19(5-7-20)18-26-14-2-1-3-15-26/h4-12,29H,1-3,13-18H2,(H,25,28). The van der Waals surface area contributed by atoms with Crippen LogP contribution >= 0.6 is 0 Å². The summed E-state index contributed by atoms with van der Waals surface area (Å²) in [4.78, 5) is 14.2. The summed E-state index contributed by atoms with van der Waals surface area (Å²) >= 11 is 0. The van der Waals surface area contributed by atoms with Crippen LogP contribution in [0.5, 0.6) is 0 Å². The van der Waals surface area contributed by atoms with Crippen LogP contribution in [0.4, 0.5) is 0 Å². The van der Waals surface area contributed by atoms with Gasteiger partial charge in [0.15, 0.2) is 0 Å². The van der Waals surface area contributed by atoms with Crippen LogP contribution in [0.2, 0.25) is 0 Å². The number of piperidine rings is 1. The minimum Gasteiger partial charge on any atom is -0.299 e. The van der Waals surface area contributed by atoms with Crippen molar-refractivity contribution in [3.63, 3.8) is 0 Å². The Labute approximate surface area is 189 Å². The van der Waals surface area contributed by atoms with Gasteiger partial charge in [-0.3, -0.25) is 14.9 Å². The summed E-state index contributed by atoms with van der Waals surface area (Å²) in [5.41, 5.74) is 5.29. The van der Waals surface area contributed by atoms with Gasteiger partial charge in [-0.1, -0.05) is 48.9 Å². The number of rotatable bonds is 6. The van der Waals surface area contributed by atoms with Crippen LogP contribution in [-0.2, 0) is 21.4 Å². The van der Waals surface area contributed by atoms with Gasteiger partial charge in [-0.05, 0) is 61.2 Å². The number of benzene rings is 2. The third-order valence-electron chi connectivity index (χ3n) is 6.20. The van der Waals surface area contributed by atoms with Gasteiger partial charge >= 0.3 is 0 Å². The van der Waals surface area contributed by atoms with Gasteiger partial charge in [-0.25, -0.2) is 13.9 Å². The molecule has 4 rings (SSSR count). The number of likely N-dealkylation sites (tertiary alicyclic amines) is 1. The zero-order valence-corrected chi connectivity index (χ0v) is 18.9. The average Bonchev–Trinajstić information content (AvgIpc) is 2.85. The molecular weight excluding hydrogens is 426 g/mol. The second-order valence-electron chi connectivity index (χ2n) is 8.34. The van der Waals surface area contributed by atoms with Crippen molar-refractivity contribution in [2.75, 3.05) is 26.2 Å². The van der Waals surface area contributed by atoms with Crippen molar-refractivity contribution in [3.05, 3.63) is 65.7 Å². The maximum absolute atomic E-state index is 13.0. The van der Waals surface area contributed by atoms with E-state index < -0.39 is 15.9 Å². The lowest BCUT2D eigenvalue weighted by Gasteiger charge is -2.26. The van der Waals surface area contributed by atoms with Crippen LogP contribution < -0.4 is 5.48 Å². The van der Waals surface area contributed by atoms with E-state index in [9.17, 15) is 13.2 Å². The number of nitrogens with one attached hydrogen (secondary N) is 1. The minimum atomic E-state index is -3.65. The highest BCUT2D eigenvalue weighted by Crippen LogP contribution is 2.25. The molecule has 0 atom stereocenters. The molecule has 2 N–H and O–H groups in total. The number of nitrogens with zero attached hydrogens (tertiary/aromatic N) is 2. The smallest absolute Gasteiger partial charge is 0.270 e. The molecule has 8 heteroatoms. The van der Waals surface area contributed by atoms with Crippen LogP contribution in [-0.4, -0.2) is 54.9 Å². The Morgan fingerprint density at radius 1 is 0.906 bits per heavy atom. The van der Waals surface area contributed by atoms with Crippen molar-refractivity contribution in [2.45, 2.75) is 37.1 Å². The number of hydroxylamine groups is 1. The molecule has 1 fully saturated rings. The molecule has 32 heavy (non-hydrogen) atoms. The lowest BCUT2D eigenvalue weighted by atomic mass is 10.0. The number of carbonyl (C=O) groups is 1. The molecule has 0 bridgehead atoms. The maximum atomic E-state index is 13.0. The molecule has 170 valence electrons. The van der Waals surface area contributed by atoms with Crippen molar-refractivity contribution in [3.8, 4) is 11.1 Å². The summed E-state index contributed by atoms with van der Waals surface area (Å²) in [6.07, 6.45) is 5.68. The Hall–Kier alpha value is -2.52. The van der Waals surface area contributed by atoms with Gasteiger partial charge in [-0.2, -0.15) is 4.31 Å². The number of sulfonamides is 1. The van der Waals surface area contributed by atoms with E-state index in [1.807, 2.05) is 12.1 Å². The van der Waals surface area contributed by atoms with Crippen molar-refractivity contribution < 1.29 is 18.4 Å². The van der Waals surface area contributed by atoms with E-state index in [1.165, 1.54) is 48.3 Å². The Kier molecular flexibility index (Phi) is 7.05. The van der Waals surface area contributed by atoms with E-state index in [0.29, 0.717) is 5.57 Å². The van der Waals surface area contributed by atoms with E-state index >= 15 is 0 Å². The maximum Gasteiger partial charge on any atom is 0.270 e. The molecule has 0 unspecified atom stereocenters. The van der Waals surface area contributed by atoms with Crippen molar-refractivity contribution >= 4 is 15.9 Å². The molecule has 2 aliphatic heterocycles. The van der Waals surface area contributed by atoms with Gasteiger partial charge in [0.1, 0.15) is 0 Å². The first-order valence-electron chi connectivity index (χ1n) is 11.0. The van der Waals surface area contributed by atoms with E-state index in [1.54, 1.807) is 17.6 Å². The van der Waals surface area contributed by atoms with Gasteiger partial charge in [0.25, 0.3) is 5.91 Å². The van der Waals surface area contributed by atoms with Crippen LogP contribution in [0.1, 0.15) is 31.2 Å². The summed E-state index contributed by atoms with van der Waals surface area (Å²) < 4.78 is 27.3. The molecule has 0 spiro atoms. The number of amides is 1. The van der Waals surface area contributed by atoms with Gasteiger partial charge in [0.05, 0.1) is 4.90 Å². The first-order valence-corrected chi connectivity index (χ1v) is 12.5. The second-order valence-corrected chi connectivity index (χ2v) is 10.3. The number of hydrogen-bond donors (Lipinski definition) is 2. The predicted molar refractivity (Wildman–Crippen MR) is 122 cm³/mol. The zero-order valence-electron chi connectivity index (χ0n) is 18.0. The lowest BCUT2D eigenvalue weighted by Crippen LogP contribution is -2.37. The normalized spacial score (nSPS) is 18.2. The first-order chi connectivity index (χ1) is 15.5. The molecule has 2 aromatic carbocycles. The van der Waals surface area contributed by atoms with E-state index in [2.05, 4.69) is 29.2 Å². The molecular formula is C24H29N3O4S. The summed E-state index contributed by atoms with van der Waals surface area (Å²) in [5.74, 6) is -0.589. The van der Waals surface area contributed by atoms with Crippen molar-refractivity contribution in [1.82, 2.24) is 14.7 Å². The quantitative estimate of drug-likeness (QED) is 0.516. The minimum absolute atomic E-state index is 0.102. The van der Waals surface area contributed by atoms with Crippen LogP contribution in [0.25, 0.3) is 11.1 Å². The molecule has 0 saturated carbocycles. The molecule has 1 amide bonds. The van der Waals surface area contributed by atoms with E-state index in [-0.39, 0.29) is 24.4 Å². The molecule has 2 aromatic rings. The Morgan fingerprint density at radius 2 is 1.53 bits per heavy atom. The summed E-state index contributed by atoms with van der Waals surface area (Å²) in [6.45, 7) is 3.61. The fraction of sp³-hybridized carbons (Fsp3) is 0.375. The zero-order chi connectivity index (χ0) is 22.6. The van der Waals surface area contributed by atoms with Crippen molar-refractivity contribution in [1.29, 1.82) is 0 Å². The Bertz CT molecular complexity index is 1070. The molecule has 0 radical (unpaired) electrons. The van der Waals surface area contributed by atoms with E-state index in [4.69, 9.17) is 5.21 Å². The highest BCUT2D eigenvalue weighted by atomic mass is 32.2.